The van der Waals surface area contributed by atoms with E-state index in [1.165, 1.54) is 0 Å². The number of nitrogens with zero attached hydrogens (tertiary/aromatic N) is 1. The third-order valence-corrected chi connectivity index (χ3v) is 6.02. The molecule has 134 valence electrons. The van der Waals surface area contributed by atoms with Crippen molar-refractivity contribution in [3.05, 3.63) is 35.4 Å². The van der Waals surface area contributed by atoms with Crippen molar-refractivity contribution in [2.45, 2.75) is 56.6 Å². The number of nitrogens with one attached hydrogen (secondary N) is 1. The van der Waals surface area contributed by atoms with Crippen LogP contribution in [-0.4, -0.2) is 46.6 Å². The molecule has 3 fully saturated rings. The molecule has 3 aliphatic rings. The van der Waals surface area contributed by atoms with Gasteiger partial charge < -0.3 is 15.3 Å². The molecule has 1 saturated heterocycles. The lowest BCUT2D eigenvalue weighted by atomic mass is 9.71. The predicted molar refractivity (Wildman–Crippen MR) is 94.4 cm³/mol. The van der Waals surface area contributed by atoms with E-state index in [1.807, 2.05) is 4.90 Å². The lowest BCUT2D eigenvalue weighted by molar-refractivity contribution is -0.0886. The topological polar surface area (TPSA) is 69.6 Å². The summed E-state index contributed by atoms with van der Waals surface area (Å²) in [5.41, 5.74) is 0.646. The molecule has 2 amide bonds. The second-order valence-corrected chi connectivity index (χ2v) is 7.87. The molecule has 2 atom stereocenters. The van der Waals surface area contributed by atoms with Gasteiger partial charge in [-0.25, -0.2) is 0 Å². The fraction of sp³-hybridized carbons (Fsp3) is 0.600. The zero-order valence-corrected chi connectivity index (χ0v) is 14.5. The molecule has 1 aromatic carbocycles. The fourth-order valence-electron chi connectivity index (χ4n) is 4.20. The molecule has 4 rings (SSSR count). The van der Waals surface area contributed by atoms with E-state index in [0.717, 1.165) is 38.5 Å². The van der Waals surface area contributed by atoms with Gasteiger partial charge in [-0.15, -0.1) is 0 Å². The number of amides is 2. The van der Waals surface area contributed by atoms with Crippen LogP contribution >= 0.6 is 0 Å². The van der Waals surface area contributed by atoms with E-state index in [9.17, 15) is 14.7 Å². The van der Waals surface area contributed by atoms with Crippen LogP contribution < -0.4 is 5.32 Å². The summed E-state index contributed by atoms with van der Waals surface area (Å²) >= 11 is 0. The summed E-state index contributed by atoms with van der Waals surface area (Å²) in [5.74, 6) is 0.135. The maximum Gasteiger partial charge on any atom is 0.253 e. The second kappa shape index (κ2) is 6.45. The Hall–Kier alpha value is -1.88. The monoisotopic (exact) mass is 342 g/mol. The molecule has 1 heterocycles. The Balaban J connectivity index is 1.41. The summed E-state index contributed by atoms with van der Waals surface area (Å²) in [7, 11) is 0. The number of hydrogen-bond donors (Lipinski definition) is 2. The molecule has 5 nitrogen and oxygen atoms in total. The van der Waals surface area contributed by atoms with E-state index in [1.54, 1.807) is 24.3 Å². The zero-order valence-electron chi connectivity index (χ0n) is 14.5. The van der Waals surface area contributed by atoms with E-state index in [-0.39, 0.29) is 17.7 Å². The van der Waals surface area contributed by atoms with E-state index < -0.39 is 5.60 Å². The fourth-order valence-corrected chi connectivity index (χ4v) is 4.20. The zero-order chi connectivity index (χ0) is 17.4. The molecule has 0 aromatic heterocycles. The van der Waals surface area contributed by atoms with Crippen LogP contribution in [0.15, 0.2) is 24.3 Å². The van der Waals surface area contributed by atoms with Gasteiger partial charge in [0.25, 0.3) is 11.8 Å². The highest BCUT2D eigenvalue weighted by Gasteiger charge is 2.43. The Morgan fingerprint density at radius 1 is 1.04 bits per heavy atom. The van der Waals surface area contributed by atoms with Crippen LogP contribution in [0.2, 0.25) is 0 Å². The molecule has 0 bridgehead atoms. The van der Waals surface area contributed by atoms with Crippen LogP contribution in [0, 0.1) is 5.92 Å². The molecular weight excluding hydrogens is 316 g/mol. The van der Waals surface area contributed by atoms with Crippen molar-refractivity contribution in [1.82, 2.24) is 10.2 Å². The summed E-state index contributed by atoms with van der Waals surface area (Å²) in [6.45, 7) is 1.25. The van der Waals surface area contributed by atoms with E-state index in [2.05, 4.69) is 5.32 Å². The number of hydrogen-bond acceptors (Lipinski definition) is 3. The van der Waals surface area contributed by atoms with E-state index in [4.69, 9.17) is 0 Å². The number of likely N-dealkylation sites (tertiary alicyclic amines) is 1. The molecule has 2 aliphatic carbocycles. The molecule has 2 saturated carbocycles. The molecule has 2 N–H and O–H groups in total. The average Bonchev–Trinajstić information content (AvgIpc) is 3.44. The highest BCUT2D eigenvalue weighted by atomic mass is 16.3. The number of rotatable bonds is 3. The molecule has 25 heavy (non-hydrogen) atoms. The average molecular weight is 342 g/mol. The van der Waals surface area contributed by atoms with Crippen LogP contribution in [0.5, 0.6) is 0 Å². The molecule has 0 spiro atoms. The third-order valence-electron chi connectivity index (χ3n) is 6.02. The quantitative estimate of drug-likeness (QED) is 0.886. The van der Waals surface area contributed by atoms with Gasteiger partial charge >= 0.3 is 0 Å². The van der Waals surface area contributed by atoms with Gasteiger partial charge in [0.2, 0.25) is 0 Å². The standard InChI is InChI=1S/C20H26N2O3/c23-18(21-17-8-9-17)14-4-6-15(7-5-14)19(24)22-12-11-20(25)10-2-1-3-16(20)13-22/h4-7,16-17,25H,1-3,8-13H2,(H,21,23). The Morgan fingerprint density at radius 3 is 2.48 bits per heavy atom. The highest BCUT2D eigenvalue weighted by molar-refractivity contribution is 5.98. The molecule has 1 aromatic rings. The van der Waals surface area contributed by atoms with Gasteiger partial charge in [-0.1, -0.05) is 12.8 Å². The minimum atomic E-state index is -0.570. The van der Waals surface area contributed by atoms with Crippen molar-refractivity contribution in [1.29, 1.82) is 0 Å². The lowest BCUT2D eigenvalue weighted by Gasteiger charge is -2.47. The van der Waals surface area contributed by atoms with Crippen LogP contribution in [-0.2, 0) is 0 Å². The number of carbonyl (C=O) groups excluding carboxylic acids is 2. The highest BCUT2D eigenvalue weighted by Crippen LogP contribution is 2.40. The summed E-state index contributed by atoms with van der Waals surface area (Å²) in [6, 6.07) is 7.27. The van der Waals surface area contributed by atoms with Crippen molar-refractivity contribution in [3.63, 3.8) is 0 Å². The SMILES string of the molecule is O=C(NC1CC1)c1ccc(C(=O)N2CCC3(O)CCCCC3C2)cc1. The lowest BCUT2D eigenvalue weighted by Crippen LogP contribution is -2.54. The largest absolute Gasteiger partial charge is 0.389 e. The smallest absolute Gasteiger partial charge is 0.253 e. The maximum atomic E-state index is 12.8. The number of carbonyl (C=O) groups is 2. The first-order chi connectivity index (χ1) is 12.0. The number of piperidine rings is 1. The van der Waals surface area contributed by atoms with Crippen LogP contribution in [0.25, 0.3) is 0 Å². The number of fused-ring (bicyclic) bond motifs is 1. The third kappa shape index (κ3) is 3.43. The van der Waals surface area contributed by atoms with Gasteiger partial charge in [-0.2, -0.15) is 0 Å². The Labute approximate surface area is 148 Å². The van der Waals surface area contributed by atoms with Crippen molar-refractivity contribution < 1.29 is 14.7 Å². The minimum absolute atomic E-state index is 0.00164. The van der Waals surface area contributed by atoms with E-state index >= 15 is 0 Å². The summed E-state index contributed by atoms with van der Waals surface area (Å²) in [5, 5.41) is 13.7. The summed E-state index contributed by atoms with van der Waals surface area (Å²) < 4.78 is 0. The molecular formula is C20H26N2O3. The van der Waals surface area contributed by atoms with Crippen molar-refractivity contribution in [3.8, 4) is 0 Å². The number of aliphatic hydroxyl groups is 1. The van der Waals surface area contributed by atoms with Crippen LogP contribution in [0.4, 0.5) is 0 Å². The van der Waals surface area contributed by atoms with Crippen LogP contribution in [0.3, 0.4) is 0 Å². The molecule has 1 aliphatic heterocycles. The summed E-state index contributed by atoms with van der Waals surface area (Å²) in [6.07, 6.45) is 6.89. The predicted octanol–water partition coefficient (Wildman–Crippen LogP) is 2.35. The molecule has 2 unspecified atom stereocenters. The first kappa shape index (κ1) is 16.6. The van der Waals surface area contributed by atoms with Crippen molar-refractivity contribution >= 4 is 11.8 Å². The van der Waals surface area contributed by atoms with E-state index in [0.29, 0.717) is 36.7 Å². The first-order valence-corrected chi connectivity index (χ1v) is 9.48. The Morgan fingerprint density at radius 2 is 1.76 bits per heavy atom. The van der Waals surface area contributed by atoms with Gasteiger partial charge in [0.1, 0.15) is 0 Å². The van der Waals surface area contributed by atoms with Gasteiger partial charge in [-0.05, 0) is 56.4 Å². The molecule has 0 radical (unpaired) electrons. The molecule has 5 heteroatoms. The van der Waals surface area contributed by atoms with Gasteiger partial charge in [0.05, 0.1) is 5.60 Å². The Kier molecular flexibility index (Phi) is 4.28. The van der Waals surface area contributed by atoms with Gasteiger partial charge in [0.15, 0.2) is 0 Å². The summed E-state index contributed by atoms with van der Waals surface area (Å²) in [4.78, 5) is 26.7. The second-order valence-electron chi connectivity index (χ2n) is 7.87. The number of benzene rings is 1. The first-order valence-electron chi connectivity index (χ1n) is 9.48. The Bertz CT molecular complexity index is 668. The normalized spacial score (nSPS) is 29.0. The van der Waals surface area contributed by atoms with Crippen LogP contribution in [0.1, 0.15) is 65.7 Å². The minimum Gasteiger partial charge on any atom is -0.389 e. The maximum absolute atomic E-state index is 12.8. The van der Waals surface area contributed by atoms with Crippen molar-refractivity contribution in [2.24, 2.45) is 5.92 Å². The van der Waals surface area contributed by atoms with Gasteiger partial charge in [0, 0.05) is 36.2 Å². The van der Waals surface area contributed by atoms with Crippen molar-refractivity contribution in [2.75, 3.05) is 13.1 Å². The van der Waals surface area contributed by atoms with Gasteiger partial charge in [-0.3, -0.25) is 9.59 Å².